The van der Waals surface area contributed by atoms with Crippen molar-refractivity contribution in [2.24, 2.45) is 0 Å². The summed E-state index contributed by atoms with van der Waals surface area (Å²) in [6.45, 7) is 2.99. The van der Waals surface area contributed by atoms with Crippen molar-refractivity contribution < 1.29 is 4.39 Å². The van der Waals surface area contributed by atoms with Crippen LogP contribution in [0.4, 0.5) is 4.39 Å². The van der Waals surface area contributed by atoms with Crippen LogP contribution in [0.3, 0.4) is 0 Å². The lowest BCUT2D eigenvalue weighted by atomic mass is 9.94. The molecule has 1 saturated carbocycles. The van der Waals surface area contributed by atoms with Gasteiger partial charge in [-0.1, -0.05) is 19.3 Å². The van der Waals surface area contributed by atoms with Gasteiger partial charge in [0.05, 0.1) is 24.1 Å². The maximum absolute atomic E-state index is 13.0. The second-order valence-corrected chi connectivity index (χ2v) is 6.37. The summed E-state index contributed by atoms with van der Waals surface area (Å²) in [7, 11) is 0. The predicted octanol–water partition coefficient (Wildman–Crippen LogP) is 3.23. The van der Waals surface area contributed by atoms with Crippen LogP contribution in [0.2, 0.25) is 0 Å². The molecule has 0 amide bonds. The van der Waals surface area contributed by atoms with Gasteiger partial charge >= 0.3 is 0 Å². The number of pyridine rings is 1. The van der Waals surface area contributed by atoms with E-state index in [1.807, 2.05) is 0 Å². The fourth-order valence-corrected chi connectivity index (χ4v) is 3.70. The zero-order valence-corrected chi connectivity index (χ0v) is 12.7. The van der Waals surface area contributed by atoms with Gasteiger partial charge in [-0.25, -0.2) is 4.39 Å². The van der Waals surface area contributed by atoms with Crippen LogP contribution in [0.15, 0.2) is 24.4 Å². The minimum atomic E-state index is -0.309. The number of rotatable bonds is 2. The molecular weight excluding hydrogens is 279 g/mol. The van der Waals surface area contributed by atoms with E-state index in [-0.39, 0.29) is 5.82 Å². The third kappa shape index (κ3) is 2.65. The van der Waals surface area contributed by atoms with Gasteiger partial charge in [-0.05, 0) is 31.0 Å². The highest BCUT2D eigenvalue weighted by atomic mass is 19.1. The van der Waals surface area contributed by atoms with E-state index in [2.05, 4.69) is 25.7 Å². The zero-order chi connectivity index (χ0) is 14.9. The summed E-state index contributed by atoms with van der Waals surface area (Å²) in [5.41, 5.74) is 2.84. The third-order valence-electron chi connectivity index (χ3n) is 4.91. The number of aromatic nitrogens is 3. The van der Waals surface area contributed by atoms with E-state index >= 15 is 0 Å². The van der Waals surface area contributed by atoms with Crippen LogP contribution in [0.1, 0.15) is 37.8 Å². The van der Waals surface area contributed by atoms with Gasteiger partial charge in [-0.2, -0.15) is 5.10 Å². The van der Waals surface area contributed by atoms with Crippen LogP contribution in [-0.4, -0.2) is 32.3 Å². The number of fused-ring (bicyclic) bond motifs is 1. The van der Waals surface area contributed by atoms with Crippen LogP contribution in [-0.2, 0) is 13.1 Å². The van der Waals surface area contributed by atoms with E-state index in [1.165, 1.54) is 50.1 Å². The standard InChI is InChI=1S/C17H21FN4/c18-13-6-7-16(19-11-13)17-10-15-12-21(8-9-22(15)20-17)14-4-2-1-3-5-14/h6-7,10-11,14H,1-5,8-9,12H2. The van der Waals surface area contributed by atoms with Crippen molar-refractivity contribution in [1.82, 2.24) is 19.7 Å². The van der Waals surface area contributed by atoms with Crippen LogP contribution in [0.5, 0.6) is 0 Å². The molecule has 0 bridgehead atoms. The molecule has 2 aromatic rings. The Hall–Kier alpha value is -1.75. The largest absolute Gasteiger partial charge is 0.293 e. The SMILES string of the molecule is Fc1ccc(-c2cc3n(n2)CCN(C2CCCCC2)C3)nc1. The summed E-state index contributed by atoms with van der Waals surface area (Å²) in [5, 5.41) is 4.64. The lowest BCUT2D eigenvalue weighted by Gasteiger charge is -2.36. The second-order valence-electron chi connectivity index (χ2n) is 6.37. The summed E-state index contributed by atoms with van der Waals surface area (Å²) in [6, 6.07) is 5.98. The Morgan fingerprint density at radius 3 is 2.68 bits per heavy atom. The summed E-state index contributed by atoms with van der Waals surface area (Å²) < 4.78 is 15.1. The molecule has 0 atom stereocenters. The minimum Gasteiger partial charge on any atom is -0.293 e. The first-order valence-electron chi connectivity index (χ1n) is 8.22. The fraction of sp³-hybridized carbons (Fsp3) is 0.529. The molecule has 1 fully saturated rings. The molecule has 1 aliphatic carbocycles. The lowest BCUT2D eigenvalue weighted by Crippen LogP contribution is -2.42. The average molecular weight is 300 g/mol. The summed E-state index contributed by atoms with van der Waals surface area (Å²) >= 11 is 0. The third-order valence-corrected chi connectivity index (χ3v) is 4.91. The molecular formula is C17H21FN4. The van der Waals surface area contributed by atoms with Crippen LogP contribution in [0, 0.1) is 5.82 Å². The maximum atomic E-state index is 13.0. The Kier molecular flexibility index (Phi) is 3.66. The van der Waals surface area contributed by atoms with Gasteiger partial charge < -0.3 is 0 Å². The Morgan fingerprint density at radius 2 is 1.91 bits per heavy atom. The first-order valence-corrected chi connectivity index (χ1v) is 8.22. The molecule has 5 heteroatoms. The number of hydrogen-bond donors (Lipinski definition) is 0. The van der Waals surface area contributed by atoms with Crippen molar-refractivity contribution in [3.63, 3.8) is 0 Å². The molecule has 4 rings (SSSR count). The van der Waals surface area contributed by atoms with E-state index in [4.69, 9.17) is 0 Å². The molecule has 0 saturated heterocycles. The molecule has 22 heavy (non-hydrogen) atoms. The van der Waals surface area contributed by atoms with Gasteiger partial charge in [-0.15, -0.1) is 0 Å². The van der Waals surface area contributed by atoms with Gasteiger partial charge in [0.1, 0.15) is 11.5 Å². The molecule has 0 N–H and O–H groups in total. The van der Waals surface area contributed by atoms with Crippen LogP contribution >= 0.6 is 0 Å². The molecule has 4 nitrogen and oxygen atoms in total. The minimum absolute atomic E-state index is 0.309. The zero-order valence-electron chi connectivity index (χ0n) is 12.7. The molecule has 3 heterocycles. The summed E-state index contributed by atoms with van der Waals surface area (Å²) in [5.74, 6) is -0.309. The molecule has 0 unspecified atom stereocenters. The maximum Gasteiger partial charge on any atom is 0.141 e. The van der Waals surface area contributed by atoms with Gasteiger partial charge in [0.15, 0.2) is 0 Å². The van der Waals surface area contributed by atoms with Gasteiger partial charge in [0.2, 0.25) is 0 Å². The summed E-state index contributed by atoms with van der Waals surface area (Å²) in [4.78, 5) is 6.75. The monoisotopic (exact) mass is 300 g/mol. The van der Waals surface area contributed by atoms with Crippen molar-refractivity contribution >= 4 is 0 Å². The highest BCUT2D eigenvalue weighted by Gasteiger charge is 2.26. The lowest BCUT2D eigenvalue weighted by molar-refractivity contribution is 0.119. The van der Waals surface area contributed by atoms with Crippen LogP contribution < -0.4 is 0 Å². The predicted molar refractivity (Wildman–Crippen MR) is 82.7 cm³/mol. The number of halogens is 1. The topological polar surface area (TPSA) is 34.0 Å². The van der Waals surface area contributed by atoms with Crippen LogP contribution in [0.25, 0.3) is 11.4 Å². The fourth-order valence-electron chi connectivity index (χ4n) is 3.70. The van der Waals surface area contributed by atoms with Crippen molar-refractivity contribution in [3.05, 3.63) is 35.9 Å². The molecule has 0 aromatic carbocycles. The number of hydrogen-bond acceptors (Lipinski definition) is 3. The van der Waals surface area contributed by atoms with Gasteiger partial charge in [-0.3, -0.25) is 14.6 Å². The molecule has 1 aliphatic heterocycles. The second kappa shape index (κ2) is 5.80. The van der Waals surface area contributed by atoms with Gasteiger partial charge in [0.25, 0.3) is 0 Å². The highest BCUT2D eigenvalue weighted by molar-refractivity contribution is 5.54. The Balaban J connectivity index is 1.54. The Labute approximate surface area is 130 Å². The van der Waals surface area contributed by atoms with Crippen molar-refractivity contribution in [3.8, 4) is 11.4 Å². The smallest absolute Gasteiger partial charge is 0.141 e. The average Bonchev–Trinajstić information content (AvgIpc) is 2.99. The number of nitrogens with zero attached hydrogens (tertiary/aromatic N) is 4. The normalized spacial score (nSPS) is 20.0. The molecule has 0 spiro atoms. The van der Waals surface area contributed by atoms with E-state index in [0.29, 0.717) is 0 Å². The van der Waals surface area contributed by atoms with Crippen molar-refractivity contribution in [2.75, 3.05) is 6.54 Å². The van der Waals surface area contributed by atoms with E-state index in [0.717, 1.165) is 37.1 Å². The molecule has 0 radical (unpaired) electrons. The van der Waals surface area contributed by atoms with Gasteiger partial charge in [0, 0.05) is 19.1 Å². The summed E-state index contributed by atoms with van der Waals surface area (Å²) in [6.07, 6.45) is 8.04. The molecule has 2 aromatic heterocycles. The quantitative estimate of drug-likeness (QED) is 0.854. The van der Waals surface area contributed by atoms with E-state index in [1.54, 1.807) is 6.07 Å². The Morgan fingerprint density at radius 1 is 1.05 bits per heavy atom. The first kappa shape index (κ1) is 13.9. The van der Waals surface area contributed by atoms with Crippen molar-refractivity contribution in [1.29, 1.82) is 0 Å². The van der Waals surface area contributed by atoms with E-state index < -0.39 is 0 Å². The Bertz CT molecular complexity index is 643. The molecule has 116 valence electrons. The van der Waals surface area contributed by atoms with E-state index in [9.17, 15) is 4.39 Å². The first-order chi connectivity index (χ1) is 10.8. The molecule has 2 aliphatic rings. The highest BCUT2D eigenvalue weighted by Crippen LogP contribution is 2.27. The van der Waals surface area contributed by atoms with Crippen molar-refractivity contribution in [2.45, 2.75) is 51.2 Å².